The van der Waals surface area contributed by atoms with Crippen LogP contribution >= 0.6 is 11.6 Å². The van der Waals surface area contributed by atoms with Gasteiger partial charge in [-0.05, 0) is 66.5 Å². The van der Waals surface area contributed by atoms with Crippen LogP contribution in [0.5, 0.6) is 0 Å². The lowest BCUT2D eigenvalue weighted by Crippen LogP contribution is -2.44. The van der Waals surface area contributed by atoms with Crippen molar-refractivity contribution >= 4 is 33.4 Å². The molecular formula is C31H34ClN3O4S. The van der Waals surface area contributed by atoms with Crippen LogP contribution in [0.4, 0.5) is 0 Å². The topological polar surface area (TPSA) is 110 Å². The zero-order chi connectivity index (χ0) is 28.3. The number of nitrogens with two attached hydrogens (primary N) is 1. The monoisotopic (exact) mass is 579 g/mol. The van der Waals surface area contributed by atoms with E-state index < -0.39 is 10.0 Å². The van der Waals surface area contributed by atoms with Crippen LogP contribution < -0.4 is 10.5 Å². The van der Waals surface area contributed by atoms with Gasteiger partial charge in [0.05, 0.1) is 4.90 Å². The number of benzene rings is 3. The number of rotatable bonds is 7. The quantitative estimate of drug-likeness (QED) is 0.406. The molecular weight excluding hydrogens is 546 g/mol. The van der Waals surface area contributed by atoms with E-state index in [0.717, 1.165) is 41.8 Å². The van der Waals surface area contributed by atoms with Crippen LogP contribution in [0, 0.1) is 11.8 Å². The smallest absolute Gasteiger partial charge is 0.238 e. The number of hydrogen-bond donors (Lipinski definition) is 2. The zero-order valence-electron chi connectivity index (χ0n) is 22.3. The predicted octanol–water partition coefficient (Wildman–Crippen LogP) is 5.09. The second-order valence-corrected chi connectivity index (χ2v) is 12.7. The number of likely N-dealkylation sites (tertiary alicyclic amines) is 1. The van der Waals surface area contributed by atoms with Crippen LogP contribution in [0.25, 0.3) is 11.1 Å². The second kappa shape index (κ2) is 12.1. The van der Waals surface area contributed by atoms with Crippen molar-refractivity contribution in [1.29, 1.82) is 0 Å². The summed E-state index contributed by atoms with van der Waals surface area (Å²) in [6.45, 7) is 1.75. The van der Waals surface area contributed by atoms with Gasteiger partial charge in [-0.25, -0.2) is 13.6 Å². The summed E-state index contributed by atoms with van der Waals surface area (Å²) in [6, 6.07) is 21.9. The maximum absolute atomic E-state index is 13.4. The SMILES string of the molecule is NS(=O)(=O)c1ccccc1-c1ccc(CNC(=O)[C@@H]2CCC[C@H]2C(=O)N2CCC(c3ccc(Cl)cc3)CC2)cc1. The maximum Gasteiger partial charge on any atom is 0.238 e. The Morgan fingerprint density at radius 3 is 2.20 bits per heavy atom. The zero-order valence-corrected chi connectivity index (χ0v) is 23.8. The molecule has 0 aromatic heterocycles. The van der Waals surface area contributed by atoms with Gasteiger partial charge in [0, 0.05) is 42.1 Å². The molecule has 9 heteroatoms. The van der Waals surface area contributed by atoms with Crippen LogP contribution in [0.2, 0.25) is 5.02 Å². The van der Waals surface area contributed by atoms with E-state index in [9.17, 15) is 18.0 Å². The molecule has 40 heavy (non-hydrogen) atoms. The molecule has 210 valence electrons. The number of amides is 2. The molecule has 2 fully saturated rings. The second-order valence-electron chi connectivity index (χ2n) is 10.8. The molecule has 0 bridgehead atoms. The van der Waals surface area contributed by atoms with Crippen molar-refractivity contribution in [2.75, 3.05) is 13.1 Å². The van der Waals surface area contributed by atoms with Crippen molar-refractivity contribution in [3.63, 3.8) is 0 Å². The molecule has 1 saturated heterocycles. The Kier molecular flexibility index (Phi) is 8.59. The normalized spacial score (nSPS) is 19.9. The number of nitrogens with one attached hydrogen (secondary N) is 1. The van der Waals surface area contributed by atoms with Crippen LogP contribution in [0.1, 0.15) is 49.1 Å². The summed E-state index contributed by atoms with van der Waals surface area (Å²) in [5, 5.41) is 9.12. The number of carbonyl (C=O) groups excluding carboxylic acids is 2. The number of halogens is 1. The fraction of sp³-hybridized carbons (Fsp3) is 0.355. The molecule has 2 aliphatic rings. The minimum atomic E-state index is -3.85. The van der Waals surface area contributed by atoms with Gasteiger partial charge in [0.25, 0.3) is 0 Å². The first-order chi connectivity index (χ1) is 19.2. The van der Waals surface area contributed by atoms with Crippen LogP contribution in [0.15, 0.2) is 77.7 Å². The van der Waals surface area contributed by atoms with E-state index in [1.165, 1.54) is 11.6 Å². The number of piperidine rings is 1. The van der Waals surface area contributed by atoms with Gasteiger partial charge >= 0.3 is 0 Å². The first kappa shape index (κ1) is 28.3. The van der Waals surface area contributed by atoms with Crippen molar-refractivity contribution in [3.8, 4) is 11.1 Å². The largest absolute Gasteiger partial charge is 0.352 e. The highest BCUT2D eigenvalue weighted by Crippen LogP contribution is 2.36. The van der Waals surface area contributed by atoms with Crippen LogP contribution in [-0.4, -0.2) is 38.2 Å². The molecule has 1 heterocycles. The molecule has 7 nitrogen and oxygen atoms in total. The highest BCUT2D eigenvalue weighted by atomic mass is 35.5. The van der Waals surface area contributed by atoms with Crippen molar-refractivity contribution in [3.05, 3.63) is 88.9 Å². The molecule has 3 aromatic carbocycles. The van der Waals surface area contributed by atoms with Crippen molar-refractivity contribution in [2.24, 2.45) is 17.0 Å². The van der Waals surface area contributed by atoms with E-state index in [1.54, 1.807) is 18.2 Å². The average Bonchev–Trinajstić information content (AvgIpc) is 3.46. The summed E-state index contributed by atoms with van der Waals surface area (Å²) in [7, 11) is -3.85. The summed E-state index contributed by atoms with van der Waals surface area (Å²) in [5.74, 6) is -0.157. The van der Waals surface area contributed by atoms with E-state index in [1.807, 2.05) is 41.3 Å². The average molecular weight is 580 g/mol. The Morgan fingerprint density at radius 1 is 0.875 bits per heavy atom. The van der Waals surface area contributed by atoms with Gasteiger partial charge in [-0.1, -0.05) is 72.6 Å². The number of hydrogen-bond acceptors (Lipinski definition) is 4. The minimum Gasteiger partial charge on any atom is -0.352 e. The lowest BCUT2D eigenvalue weighted by Gasteiger charge is -2.34. The Morgan fingerprint density at radius 2 is 1.52 bits per heavy atom. The first-order valence-corrected chi connectivity index (χ1v) is 15.7. The van der Waals surface area contributed by atoms with Crippen LogP contribution in [-0.2, 0) is 26.2 Å². The highest BCUT2D eigenvalue weighted by molar-refractivity contribution is 7.89. The third-order valence-electron chi connectivity index (χ3n) is 8.24. The molecule has 1 aliphatic heterocycles. The van der Waals surface area contributed by atoms with Gasteiger partial charge in [-0.3, -0.25) is 9.59 Å². The van der Waals surface area contributed by atoms with Crippen LogP contribution in [0.3, 0.4) is 0 Å². The molecule has 3 N–H and O–H groups in total. The number of nitrogens with zero attached hydrogens (tertiary/aromatic N) is 1. The Labute approximate surface area is 240 Å². The molecule has 2 atom stereocenters. The fourth-order valence-electron chi connectivity index (χ4n) is 6.05. The lowest BCUT2D eigenvalue weighted by atomic mass is 9.87. The number of primary sulfonamides is 1. The molecule has 0 spiro atoms. The number of carbonyl (C=O) groups is 2. The standard InChI is InChI=1S/C31H34ClN3O4S/c32-25-14-12-22(13-15-25)23-16-18-35(19-17-23)31(37)28-6-3-5-27(28)30(36)34-20-21-8-10-24(11-9-21)26-4-1-2-7-29(26)40(33,38)39/h1-2,4,7-15,23,27-28H,3,5-6,16-20H2,(H,34,36)(H2,33,38,39)/t27-,28-/m1/s1. The summed E-state index contributed by atoms with van der Waals surface area (Å²) >= 11 is 6.02. The summed E-state index contributed by atoms with van der Waals surface area (Å²) in [5.41, 5.74) is 3.40. The lowest BCUT2D eigenvalue weighted by molar-refractivity contribution is -0.141. The van der Waals surface area contributed by atoms with Gasteiger partial charge in [-0.2, -0.15) is 0 Å². The molecule has 5 rings (SSSR count). The van der Waals surface area contributed by atoms with E-state index in [-0.39, 0.29) is 28.5 Å². The fourth-order valence-corrected chi connectivity index (χ4v) is 6.93. The molecule has 1 saturated carbocycles. The minimum absolute atomic E-state index is 0.0715. The van der Waals surface area contributed by atoms with E-state index >= 15 is 0 Å². The Balaban J connectivity index is 1.16. The highest BCUT2D eigenvalue weighted by Gasteiger charge is 2.40. The maximum atomic E-state index is 13.4. The van der Waals surface area contributed by atoms with Crippen molar-refractivity contribution in [1.82, 2.24) is 10.2 Å². The first-order valence-electron chi connectivity index (χ1n) is 13.7. The third kappa shape index (κ3) is 6.40. The van der Waals surface area contributed by atoms with E-state index in [0.29, 0.717) is 37.5 Å². The third-order valence-corrected chi connectivity index (χ3v) is 9.46. The molecule has 3 aromatic rings. The van der Waals surface area contributed by atoms with Gasteiger partial charge < -0.3 is 10.2 Å². The van der Waals surface area contributed by atoms with E-state index in [2.05, 4.69) is 17.4 Å². The molecule has 0 unspecified atom stereocenters. The molecule has 0 radical (unpaired) electrons. The number of sulfonamides is 1. The summed E-state index contributed by atoms with van der Waals surface area (Å²) in [6.07, 6.45) is 4.15. The van der Waals surface area contributed by atoms with Gasteiger partial charge in [0.2, 0.25) is 21.8 Å². The Hall–Kier alpha value is -3.20. The molecule has 1 aliphatic carbocycles. The van der Waals surface area contributed by atoms with Gasteiger partial charge in [-0.15, -0.1) is 0 Å². The summed E-state index contributed by atoms with van der Waals surface area (Å²) < 4.78 is 23.9. The van der Waals surface area contributed by atoms with Gasteiger partial charge in [0.15, 0.2) is 0 Å². The van der Waals surface area contributed by atoms with Gasteiger partial charge in [0.1, 0.15) is 0 Å². The predicted molar refractivity (Wildman–Crippen MR) is 156 cm³/mol. The van der Waals surface area contributed by atoms with Crippen molar-refractivity contribution < 1.29 is 18.0 Å². The Bertz CT molecular complexity index is 1470. The summed E-state index contributed by atoms with van der Waals surface area (Å²) in [4.78, 5) is 28.6. The van der Waals surface area contributed by atoms with Crippen molar-refractivity contribution in [2.45, 2.75) is 49.5 Å². The van der Waals surface area contributed by atoms with E-state index in [4.69, 9.17) is 16.7 Å². The molecule has 2 amide bonds.